The highest BCUT2D eigenvalue weighted by Gasteiger charge is 2.06. The summed E-state index contributed by atoms with van der Waals surface area (Å²) < 4.78 is 4.36. The van der Waals surface area contributed by atoms with Gasteiger partial charge in [-0.1, -0.05) is 66.7 Å². The summed E-state index contributed by atoms with van der Waals surface area (Å²) in [5, 5.41) is 8.07. The summed E-state index contributed by atoms with van der Waals surface area (Å²) >= 11 is 1.37. The average Bonchev–Trinajstić information content (AvgIpc) is 2.86. The number of nitrogens with zero attached hydrogens (tertiary/aromatic N) is 1. The molecule has 0 spiro atoms. The fraction of sp³-hybridized carbons (Fsp3) is 0.0909. The number of hydrogen-bond acceptors (Lipinski definition) is 4. The van der Waals surface area contributed by atoms with Crippen molar-refractivity contribution in [3.05, 3.63) is 95.9 Å². The SMILES string of the molecule is O=C(NCCNc1ccccccsn1)c1cccc(-c2ccccc2)c1.[HH].[HH]. The number of nitrogens with one attached hydrogen (secondary N) is 2. The van der Waals surface area contributed by atoms with E-state index in [1.807, 2.05) is 90.3 Å². The fourth-order valence-electron chi connectivity index (χ4n) is 2.50. The van der Waals surface area contributed by atoms with Crippen molar-refractivity contribution in [1.82, 2.24) is 9.69 Å². The number of amides is 1. The number of aromatic nitrogens is 1. The Morgan fingerprint density at radius 1 is 0.852 bits per heavy atom. The number of benzene rings is 2. The first kappa shape index (κ1) is 18.6. The van der Waals surface area contributed by atoms with Gasteiger partial charge in [-0.15, -0.1) is 0 Å². The summed E-state index contributed by atoms with van der Waals surface area (Å²) in [4.78, 5) is 12.4. The molecule has 27 heavy (non-hydrogen) atoms. The lowest BCUT2D eigenvalue weighted by Crippen LogP contribution is -2.28. The second kappa shape index (κ2) is 10.1. The first-order valence-corrected chi connectivity index (χ1v) is 9.58. The van der Waals surface area contributed by atoms with E-state index >= 15 is 0 Å². The van der Waals surface area contributed by atoms with Crippen LogP contribution in [0.5, 0.6) is 0 Å². The highest BCUT2D eigenvalue weighted by Crippen LogP contribution is 2.19. The van der Waals surface area contributed by atoms with Crippen molar-refractivity contribution in [3.63, 3.8) is 0 Å². The molecule has 0 aliphatic heterocycles. The molecular formula is C22H25N3OS. The molecule has 0 radical (unpaired) electrons. The lowest BCUT2D eigenvalue weighted by atomic mass is 10.0. The molecule has 1 aromatic heterocycles. The first-order chi connectivity index (χ1) is 13.3. The van der Waals surface area contributed by atoms with E-state index in [1.54, 1.807) is 0 Å². The molecular weight excluding hydrogens is 354 g/mol. The van der Waals surface area contributed by atoms with Crippen LogP contribution in [0.15, 0.2) is 90.3 Å². The van der Waals surface area contributed by atoms with Crippen LogP contribution in [0.1, 0.15) is 13.2 Å². The summed E-state index contributed by atoms with van der Waals surface area (Å²) in [6.45, 7) is 1.11. The van der Waals surface area contributed by atoms with Crippen molar-refractivity contribution in [1.29, 1.82) is 0 Å². The van der Waals surface area contributed by atoms with Gasteiger partial charge in [0.15, 0.2) is 0 Å². The lowest BCUT2D eigenvalue weighted by molar-refractivity contribution is 0.0955. The van der Waals surface area contributed by atoms with E-state index < -0.39 is 0 Å². The minimum absolute atomic E-state index is 0. The molecule has 5 heteroatoms. The van der Waals surface area contributed by atoms with Crippen molar-refractivity contribution in [2.24, 2.45) is 0 Å². The summed E-state index contributed by atoms with van der Waals surface area (Å²) in [5.74, 6) is 0.693. The Bertz CT molecular complexity index is 910. The van der Waals surface area contributed by atoms with Crippen LogP contribution in [0.2, 0.25) is 0 Å². The maximum absolute atomic E-state index is 12.4. The first-order valence-electron chi connectivity index (χ1n) is 8.74. The van der Waals surface area contributed by atoms with Gasteiger partial charge in [0.1, 0.15) is 5.82 Å². The van der Waals surface area contributed by atoms with Crippen LogP contribution in [0, 0.1) is 0 Å². The smallest absolute Gasteiger partial charge is 0.251 e. The standard InChI is InChI=1S/C22H21N3OS.2H2/c26-22(20-12-8-11-19(17-20)18-9-4-3-5-10-18)24-15-14-23-21-13-6-1-2-7-16-27-25-21;;/h1-13,16-17H,14-15H2,(H,23,25)(H,24,26);2*1H. The molecule has 4 nitrogen and oxygen atoms in total. The topological polar surface area (TPSA) is 54.0 Å². The normalized spacial score (nSPS) is 9.93. The third kappa shape index (κ3) is 5.94. The van der Waals surface area contributed by atoms with Gasteiger partial charge in [0.25, 0.3) is 5.91 Å². The maximum Gasteiger partial charge on any atom is 0.251 e. The van der Waals surface area contributed by atoms with Crippen molar-refractivity contribution < 1.29 is 7.65 Å². The maximum atomic E-state index is 12.4. The van der Waals surface area contributed by atoms with Crippen LogP contribution >= 0.6 is 11.5 Å². The zero-order valence-electron chi connectivity index (χ0n) is 14.8. The molecule has 3 aromatic rings. The van der Waals surface area contributed by atoms with E-state index in [2.05, 4.69) is 15.0 Å². The predicted octanol–water partition coefficient (Wildman–Crippen LogP) is 5.27. The Morgan fingerprint density at radius 2 is 1.59 bits per heavy atom. The highest BCUT2D eigenvalue weighted by molar-refractivity contribution is 7.03. The molecule has 0 bridgehead atoms. The zero-order valence-corrected chi connectivity index (χ0v) is 15.7. The van der Waals surface area contributed by atoms with Crippen LogP contribution < -0.4 is 10.6 Å². The third-order valence-corrected chi connectivity index (χ3v) is 4.41. The number of carbonyl (C=O) groups excluding carboxylic acids is 1. The molecule has 0 saturated heterocycles. The van der Waals surface area contributed by atoms with Gasteiger partial charge >= 0.3 is 0 Å². The molecule has 0 unspecified atom stereocenters. The summed E-state index contributed by atoms with van der Waals surface area (Å²) in [6.07, 6.45) is 0. The van der Waals surface area contributed by atoms with Crippen LogP contribution in [0.25, 0.3) is 11.1 Å². The van der Waals surface area contributed by atoms with Gasteiger partial charge in [-0.05, 0) is 40.9 Å². The predicted molar refractivity (Wildman–Crippen MR) is 117 cm³/mol. The molecule has 0 aliphatic rings. The molecule has 2 N–H and O–H groups in total. The second-order valence-electron chi connectivity index (χ2n) is 5.78. The van der Waals surface area contributed by atoms with Gasteiger partial charge in [-0.3, -0.25) is 4.79 Å². The van der Waals surface area contributed by atoms with Crippen molar-refractivity contribution in [2.75, 3.05) is 18.4 Å². The Balaban J connectivity index is 0.00000210. The molecule has 2 aromatic carbocycles. The van der Waals surface area contributed by atoms with Gasteiger partial charge in [0.05, 0.1) is 0 Å². The summed E-state index contributed by atoms with van der Waals surface area (Å²) in [5.41, 5.74) is 2.78. The molecule has 0 fully saturated rings. The molecule has 0 atom stereocenters. The molecule has 0 saturated carbocycles. The van der Waals surface area contributed by atoms with Gasteiger partial charge in [-0.25, -0.2) is 0 Å². The van der Waals surface area contributed by atoms with E-state index in [4.69, 9.17) is 0 Å². The fourth-order valence-corrected chi connectivity index (χ4v) is 2.96. The number of rotatable bonds is 6. The summed E-state index contributed by atoms with van der Waals surface area (Å²) in [7, 11) is 0. The van der Waals surface area contributed by atoms with Crippen LogP contribution in [0.4, 0.5) is 5.82 Å². The quantitative estimate of drug-likeness (QED) is 0.574. The molecule has 3 rings (SSSR count). The Kier molecular flexibility index (Phi) is 6.95. The van der Waals surface area contributed by atoms with Crippen LogP contribution in [0.3, 0.4) is 0 Å². The summed E-state index contributed by atoms with van der Waals surface area (Å²) in [6, 6.07) is 27.4. The van der Waals surface area contributed by atoms with Gasteiger partial charge in [-0.2, -0.15) is 4.37 Å². The largest absolute Gasteiger partial charge is 0.367 e. The minimum Gasteiger partial charge on any atom is -0.367 e. The van der Waals surface area contributed by atoms with Crippen LogP contribution in [-0.4, -0.2) is 23.4 Å². The van der Waals surface area contributed by atoms with Crippen molar-refractivity contribution in [2.45, 2.75) is 0 Å². The highest BCUT2D eigenvalue weighted by atomic mass is 32.1. The van der Waals surface area contributed by atoms with E-state index in [-0.39, 0.29) is 8.76 Å². The Hall–Kier alpha value is -3.18. The number of anilines is 1. The van der Waals surface area contributed by atoms with E-state index in [0.717, 1.165) is 16.9 Å². The van der Waals surface area contributed by atoms with Crippen molar-refractivity contribution in [3.8, 4) is 11.1 Å². The monoisotopic (exact) mass is 379 g/mol. The number of hydrogen-bond donors (Lipinski definition) is 2. The second-order valence-corrected chi connectivity index (χ2v) is 6.45. The van der Waals surface area contributed by atoms with E-state index in [1.165, 1.54) is 11.5 Å². The average molecular weight is 380 g/mol. The Morgan fingerprint density at radius 3 is 2.48 bits per heavy atom. The molecule has 1 heterocycles. The minimum atomic E-state index is -0.0817. The lowest BCUT2D eigenvalue weighted by Gasteiger charge is -2.08. The van der Waals surface area contributed by atoms with Gasteiger partial charge in [0, 0.05) is 26.9 Å². The molecule has 140 valence electrons. The van der Waals surface area contributed by atoms with Gasteiger partial charge in [0.2, 0.25) is 0 Å². The van der Waals surface area contributed by atoms with E-state index in [0.29, 0.717) is 18.7 Å². The number of carbonyl (C=O) groups is 1. The molecule has 1 amide bonds. The van der Waals surface area contributed by atoms with Crippen molar-refractivity contribution >= 4 is 23.3 Å². The third-order valence-electron chi connectivity index (χ3n) is 3.83. The van der Waals surface area contributed by atoms with E-state index in [9.17, 15) is 4.79 Å². The zero-order chi connectivity index (χ0) is 18.7. The van der Waals surface area contributed by atoms with Gasteiger partial charge < -0.3 is 10.6 Å². The van der Waals surface area contributed by atoms with Crippen LogP contribution in [-0.2, 0) is 0 Å². The Labute approximate surface area is 166 Å². The molecule has 0 aliphatic carbocycles.